The number of rotatable bonds is 1. The van der Waals surface area contributed by atoms with Crippen molar-refractivity contribution >= 4 is 12.1 Å². The molecule has 1 amide bonds. The Hall–Kier alpha value is -1.47. The molecule has 0 unspecified atom stereocenters. The van der Waals surface area contributed by atoms with E-state index >= 15 is 0 Å². The highest BCUT2D eigenvalue weighted by molar-refractivity contribution is 5.80. The van der Waals surface area contributed by atoms with E-state index in [2.05, 4.69) is 0 Å². The highest BCUT2D eigenvalue weighted by Crippen LogP contribution is 2.35. The zero-order chi connectivity index (χ0) is 15.7. The Labute approximate surface area is 114 Å². The molecule has 0 radical (unpaired) electrons. The normalized spacial score (nSPS) is 24.4. The minimum atomic E-state index is -4.45. The van der Waals surface area contributed by atoms with Crippen molar-refractivity contribution < 1.29 is 32.6 Å². The summed E-state index contributed by atoms with van der Waals surface area (Å²) in [5, 5.41) is 9.01. The van der Waals surface area contributed by atoms with Crippen LogP contribution in [0.15, 0.2) is 0 Å². The maximum absolute atomic E-state index is 12.7. The summed E-state index contributed by atoms with van der Waals surface area (Å²) in [5.74, 6) is -3.04. The molecule has 1 heterocycles. The third-order valence-electron chi connectivity index (χ3n) is 2.96. The fourth-order valence-electron chi connectivity index (χ4n) is 2.02. The Morgan fingerprint density at radius 2 is 1.75 bits per heavy atom. The predicted molar refractivity (Wildman–Crippen MR) is 63.1 cm³/mol. The van der Waals surface area contributed by atoms with Crippen LogP contribution < -0.4 is 0 Å². The van der Waals surface area contributed by atoms with Crippen LogP contribution in [-0.4, -0.2) is 46.4 Å². The van der Waals surface area contributed by atoms with Gasteiger partial charge in [-0.15, -0.1) is 0 Å². The van der Waals surface area contributed by atoms with Gasteiger partial charge in [-0.2, -0.15) is 13.2 Å². The molecule has 1 aliphatic rings. The molecule has 116 valence electrons. The average molecular weight is 297 g/mol. The summed E-state index contributed by atoms with van der Waals surface area (Å²) in [4.78, 5) is 23.6. The second kappa shape index (κ2) is 5.49. The summed E-state index contributed by atoms with van der Waals surface area (Å²) in [6.07, 6.45) is -6.03. The Kier molecular flexibility index (Phi) is 4.55. The highest BCUT2D eigenvalue weighted by atomic mass is 19.4. The van der Waals surface area contributed by atoms with Crippen LogP contribution >= 0.6 is 0 Å². The smallest absolute Gasteiger partial charge is 0.411 e. The van der Waals surface area contributed by atoms with Crippen LogP contribution in [0, 0.1) is 5.92 Å². The van der Waals surface area contributed by atoms with Gasteiger partial charge in [0.1, 0.15) is 11.6 Å². The molecule has 20 heavy (non-hydrogen) atoms. The summed E-state index contributed by atoms with van der Waals surface area (Å²) in [7, 11) is 0. The summed E-state index contributed by atoms with van der Waals surface area (Å²) in [6.45, 7) is 4.00. The van der Waals surface area contributed by atoms with E-state index in [9.17, 15) is 22.8 Å². The molecule has 8 heteroatoms. The molecule has 1 N–H and O–H groups in total. The number of hydrogen-bond donors (Lipinski definition) is 1. The molecule has 0 aliphatic carbocycles. The molecule has 0 aromatic carbocycles. The third kappa shape index (κ3) is 4.28. The molecule has 0 spiro atoms. The van der Waals surface area contributed by atoms with Crippen molar-refractivity contribution in [3.63, 3.8) is 0 Å². The van der Waals surface area contributed by atoms with E-state index in [1.807, 2.05) is 0 Å². The SMILES string of the molecule is CC(C)(C)OC(=O)N1C[C@@H](C(F)(F)F)CC[C@@H]1C(=O)O. The van der Waals surface area contributed by atoms with Crippen molar-refractivity contribution in [1.29, 1.82) is 0 Å². The molecule has 2 atom stereocenters. The monoisotopic (exact) mass is 297 g/mol. The molecule has 0 saturated carbocycles. The van der Waals surface area contributed by atoms with E-state index in [1.54, 1.807) is 20.8 Å². The van der Waals surface area contributed by atoms with Crippen LogP contribution in [0.2, 0.25) is 0 Å². The number of carbonyl (C=O) groups is 2. The molecule has 0 aromatic heterocycles. The van der Waals surface area contributed by atoms with Gasteiger partial charge in [0.15, 0.2) is 0 Å². The fourth-order valence-corrected chi connectivity index (χ4v) is 2.02. The molecule has 0 bridgehead atoms. The van der Waals surface area contributed by atoms with Crippen molar-refractivity contribution in [1.82, 2.24) is 4.90 Å². The van der Waals surface area contributed by atoms with Gasteiger partial charge in [-0.3, -0.25) is 4.90 Å². The number of nitrogens with zero attached hydrogens (tertiary/aromatic N) is 1. The third-order valence-corrected chi connectivity index (χ3v) is 2.96. The Morgan fingerprint density at radius 3 is 2.15 bits per heavy atom. The van der Waals surface area contributed by atoms with Gasteiger partial charge in [-0.1, -0.05) is 0 Å². The average Bonchev–Trinajstić information content (AvgIpc) is 2.24. The van der Waals surface area contributed by atoms with Gasteiger partial charge in [0.05, 0.1) is 5.92 Å². The Morgan fingerprint density at radius 1 is 1.20 bits per heavy atom. The van der Waals surface area contributed by atoms with Gasteiger partial charge in [0.2, 0.25) is 0 Å². The van der Waals surface area contributed by atoms with Crippen LogP contribution in [0.5, 0.6) is 0 Å². The lowest BCUT2D eigenvalue weighted by Crippen LogP contribution is -2.54. The molecule has 0 aromatic rings. The fraction of sp³-hybridized carbons (Fsp3) is 0.833. The van der Waals surface area contributed by atoms with Crippen LogP contribution in [-0.2, 0) is 9.53 Å². The number of aliphatic carboxylic acids is 1. The van der Waals surface area contributed by atoms with E-state index in [0.29, 0.717) is 4.90 Å². The highest BCUT2D eigenvalue weighted by Gasteiger charge is 2.47. The molecular weight excluding hydrogens is 279 g/mol. The molecule has 1 aliphatic heterocycles. The minimum absolute atomic E-state index is 0.237. The maximum Gasteiger partial charge on any atom is 0.411 e. The van der Waals surface area contributed by atoms with E-state index in [0.717, 1.165) is 0 Å². The van der Waals surface area contributed by atoms with E-state index in [4.69, 9.17) is 9.84 Å². The summed E-state index contributed by atoms with van der Waals surface area (Å²) >= 11 is 0. The topological polar surface area (TPSA) is 66.8 Å². The minimum Gasteiger partial charge on any atom is -0.480 e. The van der Waals surface area contributed by atoms with E-state index < -0.39 is 42.3 Å². The van der Waals surface area contributed by atoms with Gasteiger partial charge in [-0.25, -0.2) is 9.59 Å². The second-order valence-electron chi connectivity index (χ2n) is 5.80. The number of amides is 1. The first-order valence-electron chi connectivity index (χ1n) is 6.21. The van der Waals surface area contributed by atoms with Crippen molar-refractivity contribution in [2.45, 2.75) is 51.4 Å². The van der Waals surface area contributed by atoms with Crippen LogP contribution in [0.3, 0.4) is 0 Å². The molecule has 1 fully saturated rings. The number of piperidine rings is 1. The van der Waals surface area contributed by atoms with Crippen molar-refractivity contribution in [3.8, 4) is 0 Å². The number of carbonyl (C=O) groups excluding carboxylic acids is 1. The van der Waals surface area contributed by atoms with Crippen molar-refractivity contribution in [2.75, 3.05) is 6.54 Å². The van der Waals surface area contributed by atoms with Gasteiger partial charge in [-0.05, 0) is 33.6 Å². The molecule has 1 saturated heterocycles. The predicted octanol–water partition coefficient (Wildman–Crippen LogP) is 2.65. The number of ether oxygens (including phenoxy) is 1. The standard InChI is InChI=1S/C12H18F3NO4/c1-11(2,3)20-10(19)16-6-7(12(13,14)15)4-5-8(16)9(17)18/h7-8H,4-6H2,1-3H3,(H,17,18)/t7-,8+/m0/s1. The van der Waals surface area contributed by atoms with E-state index in [-0.39, 0.29) is 12.8 Å². The van der Waals surface area contributed by atoms with Crippen molar-refractivity contribution in [3.05, 3.63) is 0 Å². The number of halogens is 3. The van der Waals surface area contributed by atoms with Crippen LogP contribution in [0.25, 0.3) is 0 Å². The largest absolute Gasteiger partial charge is 0.480 e. The van der Waals surface area contributed by atoms with E-state index in [1.165, 1.54) is 0 Å². The molecule has 1 rings (SSSR count). The quantitative estimate of drug-likeness (QED) is 0.808. The van der Waals surface area contributed by atoms with Crippen molar-refractivity contribution in [2.24, 2.45) is 5.92 Å². The first kappa shape index (κ1) is 16.6. The molecular formula is C12H18F3NO4. The van der Waals surface area contributed by atoms with Crippen LogP contribution in [0.1, 0.15) is 33.6 Å². The maximum atomic E-state index is 12.7. The van der Waals surface area contributed by atoms with Gasteiger partial charge in [0, 0.05) is 6.54 Å². The Balaban J connectivity index is 2.89. The lowest BCUT2D eigenvalue weighted by Gasteiger charge is -2.38. The Bertz CT molecular complexity index is 389. The summed E-state index contributed by atoms with van der Waals surface area (Å²) in [6, 6.07) is -1.27. The first-order valence-corrected chi connectivity index (χ1v) is 6.21. The van der Waals surface area contributed by atoms with Crippen LogP contribution in [0.4, 0.5) is 18.0 Å². The second-order valence-corrected chi connectivity index (χ2v) is 5.80. The first-order chi connectivity index (χ1) is 8.92. The lowest BCUT2D eigenvalue weighted by atomic mass is 9.92. The van der Waals surface area contributed by atoms with Gasteiger partial charge in [0.25, 0.3) is 0 Å². The number of alkyl halides is 3. The zero-order valence-electron chi connectivity index (χ0n) is 11.5. The lowest BCUT2D eigenvalue weighted by molar-refractivity contribution is -0.191. The summed E-state index contributed by atoms with van der Waals surface area (Å²) in [5.41, 5.74) is -0.898. The zero-order valence-corrected chi connectivity index (χ0v) is 11.5. The molecule has 5 nitrogen and oxygen atoms in total. The number of carboxylic acid groups (broad SMARTS) is 1. The van der Waals surface area contributed by atoms with Gasteiger partial charge >= 0.3 is 18.2 Å². The number of likely N-dealkylation sites (tertiary alicyclic amines) is 1. The number of carboxylic acids is 1. The summed E-state index contributed by atoms with van der Waals surface area (Å²) < 4.78 is 43.1. The van der Waals surface area contributed by atoms with Gasteiger partial charge < -0.3 is 9.84 Å². The number of hydrogen-bond acceptors (Lipinski definition) is 3.